The molecule has 3 aliphatic rings. The fraction of sp³-hybridized carbons (Fsp3) is 0.656. The van der Waals surface area contributed by atoms with Crippen molar-refractivity contribution in [3.63, 3.8) is 0 Å². The molecule has 0 saturated carbocycles. The molecule has 2 bridgehead atoms. The number of piperidine rings is 2. The van der Waals surface area contributed by atoms with Gasteiger partial charge in [0.15, 0.2) is 0 Å². The average Bonchev–Trinajstić information content (AvgIpc) is 3.22. The molecular weight excluding hydrogens is 564 g/mol. The zero-order chi connectivity index (χ0) is 30.7. The predicted octanol–water partition coefficient (Wildman–Crippen LogP) is 3.34. The maximum Gasteiger partial charge on any atom is 0.264 e. The maximum atomic E-state index is 13.4. The van der Waals surface area contributed by atoms with E-state index < -0.39 is 10.0 Å². The number of fused-ring (bicyclic) bond motifs is 3. The van der Waals surface area contributed by atoms with Crippen LogP contribution in [-0.2, 0) is 10.0 Å². The largest absolute Gasteiger partial charge is 0.349 e. The molecule has 1 aromatic carbocycles. The summed E-state index contributed by atoms with van der Waals surface area (Å²) in [4.78, 5) is 31.4. The number of hydrogen-bond donors (Lipinski definition) is 1. The highest BCUT2D eigenvalue weighted by Crippen LogP contribution is 2.36. The van der Waals surface area contributed by atoms with Gasteiger partial charge >= 0.3 is 0 Å². The van der Waals surface area contributed by atoms with E-state index in [0.717, 1.165) is 75.6 Å². The number of sulfonamides is 1. The van der Waals surface area contributed by atoms with Gasteiger partial charge in [-0.3, -0.25) is 14.5 Å². The Labute approximate surface area is 255 Å². The summed E-state index contributed by atoms with van der Waals surface area (Å²) in [6.45, 7) is 7.05. The monoisotopic (exact) mass is 610 g/mol. The summed E-state index contributed by atoms with van der Waals surface area (Å²) in [5, 5.41) is 12.9. The van der Waals surface area contributed by atoms with E-state index in [9.17, 15) is 18.0 Å². The molecule has 3 atom stereocenters. The van der Waals surface area contributed by atoms with E-state index >= 15 is 0 Å². The molecule has 3 aliphatic heterocycles. The van der Waals surface area contributed by atoms with Crippen molar-refractivity contribution in [1.82, 2.24) is 24.0 Å². The van der Waals surface area contributed by atoms with Crippen molar-refractivity contribution in [3.8, 4) is 6.07 Å². The fourth-order valence-electron chi connectivity index (χ4n) is 7.50. The second-order valence-electron chi connectivity index (χ2n) is 12.8. The van der Waals surface area contributed by atoms with Crippen molar-refractivity contribution in [3.05, 3.63) is 46.2 Å². The van der Waals surface area contributed by atoms with Gasteiger partial charge in [-0.2, -0.15) is 5.26 Å². The molecule has 4 heterocycles. The number of likely N-dealkylation sites (tertiary alicyclic amines) is 1. The third-order valence-electron chi connectivity index (χ3n) is 9.79. The molecule has 1 aromatic heterocycles. The summed E-state index contributed by atoms with van der Waals surface area (Å²) in [7, 11) is -1.63. The van der Waals surface area contributed by atoms with Gasteiger partial charge in [-0.05, 0) is 95.9 Å². The highest BCUT2D eigenvalue weighted by Gasteiger charge is 2.41. The molecule has 2 aromatic rings. The van der Waals surface area contributed by atoms with E-state index in [1.807, 2.05) is 38.1 Å². The number of nitriles is 1. The number of rotatable bonds is 11. The number of carbonyl (C=O) groups is 1. The molecule has 234 valence electrons. The predicted molar refractivity (Wildman–Crippen MR) is 168 cm³/mol. The van der Waals surface area contributed by atoms with E-state index in [-0.39, 0.29) is 40.9 Å². The second kappa shape index (κ2) is 13.5. The van der Waals surface area contributed by atoms with Gasteiger partial charge in [-0.1, -0.05) is 18.2 Å². The Morgan fingerprint density at radius 2 is 1.77 bits per heavy atom. The SMILES string of the molecule is CC(C)n1c(=O)c(C(=O)N[C@@H]2C[C@H]3CC[C@@H](C2)N3CCCS(=O)(=O)N(C)C2CCN(CCC#N)CC2)cc2ccccc21. The van der Waals surface area contributed by atoms with Crippen LogP contribution in [0.5, 0.6) is 0 Å². The molecule has 10 nitrogen and oxygen atoms in total. The van der Waals surface area contributed by atoms with Crippen LogP contribution in [0.4, 0.5) is 0 Å². The van der Waals surface area contributed by atoms with E-state index in [1.54, 1.807) is 22.0 Å². The third kappa shape index (κ3) is 6.98. The van der Waals surface area contributed by atoms with Gasteiger partial charge in [0.1, 0.15) is 5.56 Å². The number of para-hydroxylation sites is 1. The Kier molecular flexibility index (Phi) is 9.91. The van der Waals surface area contributed by atoms with Crippen LogP contribution < -0.4 is 10.9 Å². The lowest BCUT2D eigenvalue weighted by molar-refractivity contribution is 0.0844. The first-order chi connectivity index (χ1) is 20.6. The lowest BCUT2D eigenvalue weighted by Gasteiger charge is -2.39. The Morgan fingerprint density at radius 1 is 1.09 bits per heavy atom. The second-order valence-corrected chi connectivity index (χ2v) is 15.0. The van der Waals surface area contributed by atoms with Gasteiger partial charge in [0, 0.05) is 50.2 Å². The van der Waals surface area contributed by atoms with Crippen LogP contribution in [0.2, 0.25) is 0 Å². The molecular formula is C32H46N6O4S. The minimum Gasteiger partial charge on any atom is -0.349 e. The Morgan fingerprint density at radius 3 is 2.42 bits per heavy atom. The average molecular weight is 611 g/mol. The van der Waals surface area contributed by atoms with Crippen LogP contribution in [0.3, 0.4) is 0 Å². The van der Waals surface area contributed by atoms with Crippen LogP contribution in [0.25, 0.3) is 10.9 Å². The first-order valence-electron chi connectivity index (χ1n) is 15.8. The van der Waals surface area contributed by atoms with Crippen LogP contribution in [0.15, 0.2) is 35.1 Å². The van der Waals surface area contributed by atoms with E-state index in [0.29, 0.717) is 24.9 Å². The van der Waals surface area contributed by atoms with Crippen molar-refractivity contribution < 1.29 is 13.2 Å². The molecule has 5 rings (SSSR count). The minimum absolute atomic E-state index is 0.00601. The highest BCUT2D eigenvalue weighted by atomic mass is 32.2. The van der Waals surface area contributed by atoms with E-state index in [2.05, 4.69) is 21.2 Å². The number of nitrogens with zero attached hydrogens (tertiary/aromatic N) is 5. The minimum atomic E-state index is -3.35. The normalized spacial score (nSPS) is 23.7. The number of benzene rings is 1. The molecule has 0 aliphatic carbocycles. The summed E-state index contributed by atoms with van der Waals surface area (Å²) in [5.74, 6) is -0.175. The lowest BCUT2D eigenvalue weighted by Crippen LogP contribution is -2.51. The van der Waals surface area contributed by atoms with Gasteiger partial charge < -0.3 is 14.8 Å². The van der Waals surface area contributed by atoms with Crippen molar-refractivity contribution in [2.75, 3.05) is 39.0 Å². The smallest absolute Gasteiger partial charge is 0.264 e. The van der Waals surface area contributed by atoms with Crippen LogP contribution >= 0.6 is 0 Å². The first kappa shape index (κ1) is 31.6. The van der Waals surface area contributed by atoms with Crippen LogP contribution in [0.1, 0.15) is 81.6 Å². The zero-order valence-corrected chi connectivity index (χ0v) is 26.6. The third-order valence-corrected chi connectivity index (χ3v) is 11.8. The number of carbonyl (C=O) groups excluding carboxylic acids is 1. The summed E-state index contributed by atoms with van der Waals surface area (Å²) >= 11 is 0. The Hall–Kier alpha value is -2.78. The van der Waals surface area contributed by atoms with Crippen molar-refractivity contribution in [2.45, 2.75) is 95.4 Å². The van der Waals surface area contributed by atoms with Crippen LogP contribution in [0, 0.1) is 11.3 Å². The van der Waals surface area contributed by atoms with Gasteiger partial charge in [0.2, 0.25) is 10.0 Å². The highest BCUT2D eigenvalue weighted by molar-refractivity contribution is 7.89. The standard InChI is InChI=1S/C32H46N6O4S/c1-23(2)38-30-9-5-4-8-24(30)20-29(32(38)40)31(39)34-25-21-27-10-11-28(22-25)37(27)16-7-19-43(41,42)35(3)26-12-17-36(18-13-26)15-6-14-33/h4-5,8-9,20,23,25-28H,6-7,10-13,15-19,21-22H2,1-3H3,(H,34,39)/t25-,27-,28+. The number of hydrogen-bond acceptors (Lipinski definition) is 7. The molecule has 0 unspecified atom stereocenters. The molecule has 11 heteroatoms. The van der Waals surface area contributed by atoms with Gasteiger partial charge in [0.05, 0.1) is 17.3 Å². The van der Waals surface area contributed by atoms with Crippen LogP contribution in [-0.4, -0.2) is 96.1 Å². The molecule has 43 heavy (non-hydrogen) atoms. The summed E-state index contributed by atoms with van der Waals surface area (Å²) in [6.07, 6.45) is 6.41. The van der Waals surface area contributed by atoms with Crippen molar-refractivity contribution >= 4 is 26.8 Å². The quantitative estimate of drug-likeness (QED) is 0.415. The maximum absolute atomic E-state index is 13.4. The number of pyridine rings is 1. The number of amides is 1. The molecule has 1 amide bonds. The topological polar surface area (TPSA) is 119 Å². The van der Waals surface area contributed by atoms with E-state index in [4.69, 9.17) is 5.26 Å². The zero-order valence-electron chi connectivity index (χ0n) is 25.7. The van der Waals surface area contributed by atoms with Gasteiger partial charge in [0.25, 0.3) is 11.5 Å². The molecule has 3 saturated heterocycles. The molecule has 1 N–H and O–H groups in total. The number of nitrogens with one attached hydrogen (secondary N) is 1. The van der Waals surface area contributed by atoms with Crippen molar-refractivity contribution in [2.24, 2.45) is 0 Å². The summed E-state index contributed by atoms with van der Waals surface area (Å²) in [6, 6.07) is 12.1. The fourth-order valence-corrected chi connectivity index (χ4v) is 8.94. The summed E-state index contributed by atoms with van der Waals surface area (Å²) in [5.41, 5.74) is 0.752. The Bertz CT molecular complexity index is 1490. The Balaban J connectivity index is 1.14. The number of aromatic nitrogens is 1. The van der Waals surface area contributed by atoms with Crippen molar-refractivity contribution in [1.29, 1.82) is 5.26 Å². The molecule has 3 fully saturated rings. The summed E-state index contributed by atoms with van der Waals surface area (Å²) < 4.78 is 29.6. The van der Waals surface area contributed by atoms with E-state index in [1.165, 1.54) is 0 Å². The lowest BCUT2D eigenvalue weighted by atomic mass is 9.96. The van der Waals surface area contributed by atoms with Gasteiger partial charge in [-0.25, -0.2) is 12.7 Å². The van der Waals surface area contributed by atoms with Gasteiger partial charge in [-0.15, -0.1) is 0 Å². The molecule has 0 spiro atoms. The molecule has 0 radical (unpaired) electrons. The first-order valence-corrected chi connectivity index (χ1v) is 17.5.